The van der Waals surface area contributed by atoms with E-state index >= 15 is 0 Å². The Morgan fingerprint density at radius 1 is 1.26 bits per heavy atom. The van der Waals surface area contributed by atoms with Gasteiger partial charge in [-0.3, -0.25) is 18.5 Å². The fourth-order valence-electron chi connectivity index (χ4n) is 2.30. The first-order valence-corrected chi connectivity index (χ1v) is 7.94. The summed E-state index contributed by atoms with van der Waals surface area (Å²) in [6.45, 7) is 1.29. The molecule has 2 rings (SSSR count). The third-order valence-corrected chi connectivity index (χ3v) is 4.53. The van der Waals surface area contributed by atoms with E-state index in [9.17, 15) is 27.0 Å². The number of halogens is 3. The Kier molecular flexibility index (Phi) is 4.34. The Bertz CT molecular complexity index is 865. The standard InChI is InChI=1S/C14H13F3N2O3S/c1-7-8(11(20)9-6-18-19(2)13(9)21)4-5-10(14(15,16)17)12(7)23(3)22/h4-6,18H,1-3H3. The number of nitrogens with zero attached hydrogens (tertiary/aromatic N) is 1. The molecule has 1 aromatic heterocycles. The van der Waals surface area contributed by atoms with E-state index in [0.717, 1.165) is 17.0 Å². The van der Waals surface area contributed by atoms with E-state index in [4.69, 9.17) is 0 Å². The summed E-state index contributed by atoms with van der Waals surface area (Å²) >= 11 is 0. The van der Waals surface area contributed by atoms with E-state index in [1.807, 2.05) is 0 Å². The lowest BCUT2D eigenvalue weighted by Gasteiger charge is -2.15. The van der Waals surface area contributed by atoms with Crippen LogP contribution in [-0.2, 0) is 24.0 Å². The summed E-state index contributed by atoms with van der Waals surface area (Å²) in [4.78, 5) is 23.8. The van der Waals surface area contributed by atoms with E-state index in [-0.39, 0.29) is 16.7 Å². The second kappa shape index (κ2) is 5.80. The molecule has 0 aliphatic rings. The average molecular weight is 346 g/mol. The molecule has 1 atom stereocenters. The molecule has 0 saturated heterocycles. The smallest absolute Gasteiger partial charge is 0.302 e. The van der Waals surface area contributed by atoms with Crippen LogP contribution >= 0.6 is 0 Å². The molecule has 1 heterocycles. The minimum Gasteiger partial charge on any atom is -0.302 e. The lowest BCUT2D eigenvalue weighted by atomic mass is 9.98. The minimum atomic E-state index is -4.68. The highest BCUT2D eigenvalue weighted by atomic mass is 32.2. The van der Waals surface area contributed by atoms with Gasteiger partial charge in [-0.05, 0) is 18.6 Å². The van der Waals surface area contributed by atoms with Gasteiger partial charge in [0.25, 0.3) is 5.56 Å². The number of rotatable bonds is 3. The van der Waals surface area contributed by atoms with Crippen LogP contribution in [0.2, 0.25) is 0 Å². The Balaban J connectivity index is 2.69. The van der Waals surface area contributed by atoms with Crippen molar-refractivity contribution >= 4 is 16.6 Å². The number of benzene rings is 1. The molecule has 0 saturated carbocycles. The fourth-order valence-corrected chi connectivity index (χ4v) is 3.34. The van der Waals surface area contributed by atoms with Crippen LogP contribution < -0.4 is 5.56 Å². The number of aryl methyl sites for hydroxylation is 1. The van der Waals surface area contributed by atoms with Crippen LogP contribution in [0.3, 0.4) is 0 Å². The van der Waals surface area contributed by atoms with Gasteiger partial charge in [0.2, 0.25) is 0 Å². The molecular weight excluding hydrogens is 333 g/mol. The van der Waals surface area contributed by atoms with Crippen molar-refractivity contribution in [2.24, 2.45) is 7.05 Å². The van der Waals surface area contributed by atoms with Gasteiger partial charge in [0.05, 0.1) is 21.3 Å². The quantitative estimate of drug-likeness (QED) is 0.864. The van der Waals surface area contributed by atoms with Crippen LogP contribution in [-0.4, -0.2) is 26.0 Å². The number of alkyl halides is 3. The third-order valence-electron chi connectivity index (χ3n) is 3.43. The highest BCUT2D eigenvalue weighted by molar-refractivity contribution is 7.84. The van der Waals surface area contributed by atoms with Gasteiger partial charge in [0.1, 0.15) is 5.56 Å². The molecule has 1 unspecified atom stereocenters. The van der Waals surface area contributed by atoms with Gasteiger partial charge in [-0.15, -0.1) is 0 Å². The van der Waals surface area contributed by atoms with E-state index < -0.39 is 38.8 Å². The van der Waals surface area contributed by atoms with Crippen molar-refractivity contribution in [1.82, 2.24) is 9.78 Å². The lowest BCUT2D eigenvalue weighted by Crippen LogP contribution is -2.21. The molecule has 1 N–H and O–H groups in total. The van der Waals surface area contributed by atoms with Crippen LogP contribution in [0.15, 0.2) is 28.0 Å². The zero-order chi connectivity index (χ0) is 17.5. The van der Waals surface area contributed by atoms with Crippen LogP contribution in [0.25, 0.3) is 0 Å². The maximum absolute atomic E-state index is 13.0. The summed E-state index contributed by atoms with van der Waals surface area (Å²) in [6, 6.07) is 1.72. The van der Waals surface area contributed by atoms with Crippen molar-refractivity contribution in [3.63, 3.8) is 0 Å². The van der Waals surface area contributed by atoms with Gasteiger partial charge in [-0.25, -0.2) is 0 Å². The van der Waals surface area contributed by atoms with Crippen LogP contribution in [0.5, 0.6) is 0 Å². The van der Waals surface area contributed by atoms with E-state index in [0.29, 0.717) is 6.07 Å². The molecule has 5 nitrogen and oxygen atoms in total. The number of H-pyrrole nitrogens is 1. The lowest BCUT2D eigenvalue weighted by molar-refractivity contribution is -0.139. The first-order valence-electron chi connectivity index (χ1n) is 6.39. The number of ketones is 1. The highest BCUT2D eigenvalue weighted by Crippen LogP contribution is 2.36. The summed E-state index contributed by atoms with van der Waals surface area (Å²) in [7, 11) is -0.537. The molecule has 0 fully saturated rings. The zero-order valence-corrected chi connectivity index (χ0v) is 13.3. The largest absolute Gasteiger partial charge is 0.417 e. The molecule has 9 heteroatoms. The van der Waals surface area contributed by atoms with Crippen molar-refractivity contribution in [2.45, 2.75) is 18.0 Å². The van der Waals surface area contributed by atoms with Crippen molar-refractivity contribution < 1.29 is 22.2 Å². The first-order chi connectivity index (χ1) is 10.6. The Morgan fingerprint density at radius 3 is 2.30 bits per heavy atom. The molecule has 0 amide bonds. The number of aromatic amines is 1. The minimum absolute atomic E-state index is 0.0473. The summed E-state index contributed by atoms with van der Waals surface area (Å²) in [5.74, 6) is -0.718. The van der Waals surface area contributed by atoms with Crippen LogP contribution in [0.1, 0.15) is 27.0 Å². The Hall–Kier alpha value is -2.16. The van der Waals surface area contributed by atoms with Crippen LogP contribution in [0.4, 0.5) is 13.2 Å². The number of aromatic nitrogens is 2. The van der Waals surface area contributed by atoms with Gasteiger partial charge in [0.15, 0.2) is 5.78 Å². The summed E-state index contributed by atoms with van der Waals surface area (Å²) in [6.07, 6.45) is -2.39. The summed E-state index contributed by atoms with van der Waals surface area (Å²) in [5.41, 5.74) is -1.96. The maximum Gasteiger partial charge on any atom is 0.417 e. The molecule has 0 aliphatic heterocycles. The predicted octanol–water partition coefficient (Wildman–Crippen LogP) is 2.01. The van der Waals surface area contributed by atoms with Gasteiger partial charge < -0.3 is 5.10 Å². The molecule has 0 bridgehead atoms. The van der Waals surface area contributed by atoms with Gasteiger partial charge in [-0.2, -0.15) is 13.2 Å². The molecular formula is C14H13F3N2O3S. The molecule has 0 aliphatic carbocycles. The molecule has 1 aromatic carbocycles. The number of hydrogen-bond donors (Lipinski definition) is 1. The van der Waals surface area contributed by atoms with Crippen LogP contribution in [0, 0.1) is 6.92 Å². The number of nitrogens with one attached hydrogen (secondary N) is 1. The molecule has 0 spiro atoms. The normalized spacial score (nSPS) is 13.1. The van der Waals surface area contributed by atoms with Gasteiger partial charge in [-0.1, -0.05) is 6.07 Å². The van der Waals surface area contributed by atoms with Gasteiger partial charge >= 0.3 is 6.18 Å². The van der Waals surface area contributed by atoms with E-state index in [2.05, 4.69) is 5.10 Å². The Morgan fingerprint density at radius 2 is 1.87 bits per heavy atom. The molecule has 2 aromatic rings. The number of hydrogen-bond acceptors (Lipinski definition) is 3. The highest BCUT2D eigenvalue weighted by Gasteiger charge is 2.36. The first kappa shape index (κ1) is 17.2. The number of carbonyl (C=O) groups excluding carboxylic acids is 1. The third kappa shape index (κ3) is 3.00. The van der Waals surface area contributed by atoms with E-state index in [1.165, 1.54) is 20.2 Å². The second-order valence-electron chi connectivity index (χ2n) is 4.95. The molecule has 23 heavy (non-hydrogen) atoms. The topological polar surface area (TPSA) is 71.9 Å². The van der Waals surface area contributed by atoms with E-state index in [1.54, 1.807) is 0 Å². The molecule has 0 radical (unpaired) electrons. The summed E-state index contributed by atoms with van der Waals surface area (Å²) in [5, 5.41) is 2.52. The fraction of sp³-hybridized carbons (Fsp3) is 0.286. The average Bonchev–Trinajstić information content (AvgIpc) is 2.76. The van der Waals surface area contributed by atoms with Crippen molar-refractivity contribution in [3.05, 3.63) is 50.9 Å². The van der Waals surface area contributed by atoms with Crippen molar-refractivity contribution in [2.75, 3.05) is 6.26 Å². The SMILES string of the molecule is Cc1c(C(=O)c2c[nH]n(C)c2=O)ccc(C(F)(F)F)c1S(C)=O. The maximum atomic E-state index is 13.0. The zero-order valence-electron chi connectivity index (χ0n) is 12.4. The van der Waals surface area contributed by atoms with Crippen molar-refractivity contribution in [3.8, 4) is 0 Å². The second-order valence-corrected chi connectivity index (χ2v) is 6.26. The molecule has 124 valence electrons. The monoisotopic (exact) mass is 346 g/mol. The number of carbonyl (C=O) groups is 1. The summed E-state index contributed by atoms with van der Waals surface area (Å²) < 4.78 is 51.9. The Labute approximate surface area is 131 Å². The van der Waals surface area contributed by atoms with Crippen molar-refractivity contribution in [1.29, 1.82) is 0 Å². The predicted molar refractivity (Wildman–Crippen MR) is 78.0 cm³/mol. The van der Waals surface area contributed by atoms with Gasteiger partial charge in [0, 0.05) is 25.1 Å².